The summed E-state index contributed by atoms with van der Waals surface area (Å²) in [6.45, 7) is 13.5. The molecule has 0 aliphatic carbocycles. The van der Waals surface area contributed by atoms with E-state index >= 15 is 0 Å². The van der Waals surface area contributed by atoms with Crippen molar-refractivity contribution in [3.63, 3.8) is 0 Å². The Hall–Kier alpha value is -2.90. The van der Waals surface area contributed by atoms with E-state index in [0.29, 0.717) is 59.5 Å². The first kappa shape index (κ1) is 47.1. The summed E-state index contributed by atoms with van der Waals surface area (Å²) < 4.78 is 67.8. The molecule has 2 atom stereocenters. The number of nitrogens with zero attached hydrogens (tertiary/aromatic N) is 4. The van der Waals surface area contributed by atoms with Crippen molar-refractivity contribution in [2.75, 3.05) is 75.5 Å². The zero-order valence-electron chi connectivity index (χ0n) is 36.5. The van der Waals surface area contributed by atoms with E-state index in [9.17, 15) is 27.0 Å². The molecule has 2 aromatic carbocycles. The molecule has 0 bridgehead atoms. The second-order valence-corrected chi connectivity index (χ2v) is 24.3. The fourth-order valence-corrected chi connectivity index (χ4v) is 14.3. The number of hydrogen-bond acceptors (Lipinski definition) is 12. The van der Waals surface area contributed by atoms with Gasteiger partial charge in [-0.3, -0.25) is 0 Å². The van der Waals surface area contributed by atoms with Crippen molar-refractivity contribution in [3.8, 4) is 0 Å². The van der Waals surface area contributed by atoms with Gasteiger partial charge in [-0.05, 0) is 136 Å². The van der Waals surface area contributed by atoms with Gasteiger partial charge in [0.15, 0.2) is 0 Å². The average Bonchev–Trinajstić information content (AvgIpc) is 4.02. The van der Waals surface area contributed by atoms with E-state index in [4.69, 9.17) is 9.47 Å². The highest BCUT2D eigenvalue weighted by atomic mass is 32.3. The molecule has 4 aliphatic rings. The molecule has 2 aromatic heterocycles. The van der Waals surface area contributed by atoms with Gasteiger partial charge in [-0.2, -0.15) is 8.61 Å². The van der Waals surface area contributed by atoms with E-state index in [2.05, 4.69) is 9.80 Å². The summed E-state index contributed by atoms with van der Waals surface area (Å²) in [5.41, 5.74) is 2.14. The van der Waals surface area contributed by atoms with Crippen molar-refractivity contribution < 1.29 is 36.5 Å². The third kappa shape index (κ3) is 11.5. The minimum atomic E-state index is -3.46. The van der Waals surface area contributed by atoms with E-state index in [1.165, 1.54) is 22.7 Å². The summed E-state index contributed by atoms with van der Waals surface area (Å²) in [4.78, 5) is 4.70. The zero-order chi connectivity index (χ0) is 44.1. The number of sulfonamides is 2. The largest absolute Gasteiger partial charge is 0.386 e. The highest BCUT2D eigenvalue weighted by Gasteiger charge is 2.38. The van der Waals surface area contributed by atoms with E-state index < -0.39 is 31.2 Å². The van der Waals surface area contributed by atoms with Gasteiger partial charge in [0.2, 0.25) is 0 Å². The second kappa shape index (κ2) is 20.1. The van der Waals surface area contributed by atoms with Crippen LogP contribution < -0.4 is 9.80 Å². The molecule has 2 N–H and O–H groups in total. The van der Waals surface area contributed by atoms with Crippen LogP contribution in [0.4, 0.5) is 11.4 Å². The summed E-state index contributed by atoms with van der Waals surface area (Å²) in [5, 5.41) is 24.2. The predicted molar refractivity (Wildman–Crippen MR) is 248 cm³/mol. The van der Waals surface area contributed by atoms with Crippen LogP contribution in [0.15, 0.2) is 92.0 Å². The van der Waals surface area contributed by atoms with Crippen molar-refractivity contribution in [2.24, 2.45) is 11.8 Å². The monoisotopic (exact) mass is 928 g/mol. The molecule has 12 nitrogen and oxygen atoms in total. The topological polar surface area (TPSA) is 140 Å². The van der Waals surface area contributed by atoms with E-state index in [1.54, 1.807) is 60.6 Å². The molecule has 16 heteroatoms. The molecule has 0 saturated carbocycles. The van der Waals surface area contributed by atoms with Crippen LogP contribution in [0.1, 0.15) is 77.3 Å². The van der Waals surface area contributed by atoms with E-state index in [1.807, 2.05) is 59.3 Å². The smallest absolute Gasteiger partial charge is 0.252 e. The molecule has 62 heavy (non-hydrogen) atoms. The van der Waals surface area contributed by atoms with Gasteiger partial charge in [0.05, 0.1) is 11.2 Å². The van der Waals surface area contributed by atoms with E-state index in [0.717, 1.165) is 87.5 Å². The summed E-state index contributed by atoms with van der Waals surface area (Å²) in [6, 6.07) is 23.2. The molecule has 4 fully saturated rings. The number of piperazine rings is 2. The Balaban J connectivity index is 0.000000186. The van der Waals surface area contributed by atoms with Crippen molar-refractivity contribution in [2.45, 2.75) is 97.9 Å². The molecule has 6 heterocycles. The summed E-state index contributed by atoms with van der Waals surface area (Å²) in [6.07, 6.45) is 6.01. The number of rotatable bonds is 12. The Labute approximate surface area is 377 Å². The van der Waals surface area contributed by atoms with Crippen molar-refractivity contribution >= 4 is 54.1 Å². The predicted octanol–water partition coefficient (Wildman–Crippen LogP) is 7.34. The number of hydrogen-bond donors (Lipinski definition) is 2. The van der Waals surface area contributed by atoms with E-state index in [-0.39, 0.29) is 12.1 Å². The van der Waals surface area contributed by atoms with Gasteiger partial charge in [0, 0.05) is 89.2 Å². The lowest BCUT2D eigenvalue weighted by molar-refractivity contribution is 0.0600. The first-order valence-electron chi connectivity index (χ1n) is 21.9. The van der Waals surface area contributed by atoms with Crippen LogP contribution in [-0.4, -0.2) is 113 Å². The second-order valence-electron chi connectivity index (χ2n) is 18.1. The van der Waals surface area contributed by atoms with Crippen LogP contribution in [0.3, 0.4) is 0 Å². The van der Waals surface area contributed by atoms with Crippen LogP contribution in [0.5, 0.6) is 0 Å². The first-order valence-corrected chi connectivity index (χ1v) is 26.6. The number of aliphatic hydroxyl groups is 2. The third-order valence-corrected chi connectivity index (χ3v) is 19.2. The minimum absolute atomic E-state index is 0.111. The fraction of sp³-hybridized carbons (Fsp3) is 0.565. The van der Waals surface area contributed by atoms with Crippen LogP contribution in [0.25, 0.3) is 0 Å². The minimum Gasteiger partial charge on any atom is -0.386 e. The quantitative estimate of drug-likeness (QED) is 0.148. The first-order chi connectivity index (χ1) is 29.5. The maximum absolute atomic E-state index is 13.2. The maximum atomic E-state index is 13.2. The molecule has 4 aliphatic heterocycles. The summed E-state index contributed by atoms with van der Waals surface area (Å²) in [7, 11) is -6.91. The number of thiophene rings is 2. The lowest BCUT2D eigenvalue weighted by Crippen LogP contribution is -2.55. The molecule has 340 valence electrons. The van der Waals surface area contributed by atoms with Crippen molar-refractivity contribution in [3.05, 3.63) is 94.7 Å². The number of benzene rings is 2. The fourth-order valence-electron chi connectivity index (χ4n) is 9.10. The zero-order valence-corrected chi connectivity index (χ0v) is 39.7. The Morgan fingerprint density at radius 1 is 0.565 bits per heavy atom. The standard InChI is InChI=1S/2C23H32N2O4S2/c2*1-23(2,26)19-5-7-20(8-6-19)25-12-11-24(31(27,28)22-4-3-15-30-22)17-21(25)16-18-9-13-29-14-10-18/h2*3-8,15,18,21,26H,9-14,16-17H2,1-2H3/t2*21-/m10/s1. The SMILES string of the molecule is CC(C)(O)c1ccc(N2CCN(S(=O)(=O)c3cccs3)C[C@@H]2CC2CCOCC2)cc1.CC(C)(O)c1ccc(N2CCN(S(=O)(=O)c3cccs3)C[C@H]2CC2CCOCC2)cc1. The van der Waals surface area contributed by atoms with Gasteiger partial charge in [-0.25, -0.2) is 16.8 Å². The molecule has 0 radical (unpaired) electrons. The van der Waals surface area contributed by atoms with Gasteiger partial charge >= 0.3 is 0 Å². The lowest BCUT2D eigenvalue weighted by atomic mass is 9.90. The summed E-state index contributed by atoms with van der Waals surface area (Å²) in [5.74, 6) is 1.09. The average molecular weight is 929 g/mol. The van der Waals surface area contributed by atoms with Crippen LogP contribution in [-0.2, 0) is 40.7 Å². The Kier molecular flexibility index (Phi) is 15.3. The highest BCUT2D eigenvalue weighted by molar-refractivity contribution is 7.91. The Bertz CT molecular complexity index is 2050. The Morgan fingerprint density at radius 2 is 0.919 bits per heavy atom. The van der Waals surface area contributed by atoms with Gasteiger partial charge in [-0.1, -0.05) is 36.4 Å². The normalized spacial score (nSPS) is 22.0. The molecule has 0 spiro atoms. The van der Waals surface area contributed by atoms with Gasteiger partial charge in [0.25, 0.3) is 20.0 Å². The van der Waals surface area contributed by atoms with Gasteiger partial charge < -0.3 is 29.5 Å². The van der Waals surface area contributed by atoms with Crippen LogP contribution >= 0.6 is 22.7 Å². The third-order valence-electron chi connectivity index (χ3n) is 12.8. The number of ether oxygens (including phenoxy) is 2. The van der Waals surface area contributed by atoms with Gasteiger partial charge in [-0.15, -0.1) is 22.7 Å². The lowest BCUT2D eigenvalue weighted by Gasteiger charge is -2.43. The number of anilines is 2. The molecular weight excluding hydrogens is 865 g/mol. The molecule has 8 rings (SSSR count). The highest BCUT2D eigenvalue weighted by Crippen LogP contribution is 2.35. The van der Waals surface area contributed by atoms with Crippen molar-refractivity contribution in [1.29, 1.82) is 0 Å². The molecule has 0 amide bonds. The molecule has 4 aromatic rings. The molecular formula is C46H64N4O8S4. The van der Waals surface area contributed by atoms with Gasteiger partial charge in [0.1, 0.15) is 8.42 Å². The molecule has 4 saturated heterocycles. The summed E-state index contributed by atoms with van der Waals surface area (Å²) >= 11 is 2.56. The van der Waals surface area contributed by atoms with Crippen LogP contribution in [0.2, 0.25) is 0 Å². The van der Waals surface area contributed by atoms with Crippen molar-refractivity contribution in [1.82, 2.24) is 8.61 Å². The van der Waals surface area contributed by atoms with Crippen LogP contribution in [0, 0.1) is 11.8 Å². The Morgan fingerprint density at radius 3 is 1.23 bits per heavy atom. The maximum Gasteiger partial charge on any atom is 0.252 e. The molecule has 0 unspecified atom stereocenters.